The van der Waals surface area contributed by atoms with Crippen LogP contribution in [0.3, 0.4) is 0 Å². The predicted octanol–water partition coefficient (Wildman–Crippen LogP) is 1.85. The van der Waals surface area contributed by atoms with Gasteiger partial charge in [0, 0.05) is 12.8 Å². The summed E-state index contributed by atoms with van der Waals surface area (Å²) in [4.78, 5) is 1.36. The fourth-order valence-corrected chi connectivity index (χ4v) is 1.37. The first-order valence-electron chi connectivity index (χ1n) is 2.97. The molecule has 0 aromatic carbocycles. The molecule has 1 aliphatic rings. The Labute approximate surface area is 58.2 Å². The fourth-order valence-electron chi connectivity index (χ4n) is 0.916. The van der Waals surface area contributed by atoms with Crippen molar-refractivity contribution in [3.05, 3.63) is 4.83 Å². The zero-order valence-electron chi connectivity index (χ0n) is 4.73. The van der Waals surface area contributed by atoms with Crippen LogP contribution in [0.15, 0.2) is 0 Å². The van der Waals surface area contributed by atoms with Crippen LogP contribution in [0.1, 0.15) is 25.7 Å². The van der Waals surface area contributed by atoms with Gasteiger partial charge in [0.15, 0.2) is 20.8 Å². The Morgan fingerprint density at radius 2 is 1.88 bits per heavy atom. The topological polar surface area (TPSA) is 20.2 Å². The van der Waals surface area contributed by atoms with Gasteiger partial charge in [0.1, 0.15) is 12.8 Å². The molecule has 8 heavy (non-hydrogen) atoms. The zero-order chi connectivity index (χ0) is 5.98. The molecule has 0 unspecified atom stereocenters. The lowest BCUT2D eigenvalue weighted by Crippen LogP contribution is -2.13. The van der Waals surface area contributed by atoms with Gasteiger partial charge in [-0.3, -0.25) is 0 Å². The summed E-state index contributed by atoms with van der Waals surface area (Å²) in [5.74, 6) is 0. The van der Waals surface area contributed by atoms with Crippen LogP contribution in [0.2, 0.25) is 0 Å². The van der Waals surface area contributed by atoms with E-state index in [0.29, 0.717) is 0 Å². The number of aliphatic hydroxyl groups is 1. The molecule has 0 aromatic rings. The molecule has 1 fully saturated rings. The summed E-state index contributed by atoms with van der Waals surface area (Å²) in [5, 5.41) is 8.99. The molecule has 1 nitrogen and oxygen atoms in total. The average molecular weight is 178 g/mol. The van der Waals surface area contributed by atoms with E-state index in [9.17, 15) is 0 Å². The third-order valence-corrected chi connectivity index (χ3v) is 2.29. The molecule has 0 saturated heterocycles. The molecular formula is C6H10BrO+. The molecule has 0 atom stereocenters. The smallest absolute Gasteiger partial charge is 0.198 e. The third kappa shape index (κ3) is 1.67. The summed E-state index contributed by atoms with van der Waals surface area (Å²) in [5.41, 5.74) is 0. The summed E-state index contributed by atoms with van der Waals surface area (Å²) in [6, 6.07) is 0. The molecule has 1 rings (SSSR count). The summed E-state index contributed by atoms with van der Waals surface area (Å²) in [6.45, 7) is 0. The Morgan fingerprint density at radius 3 is 2.25 bits per heavy atom. The second kappa shape index (κ2) is 2.74. The van der Waals surface area contributed by atoms with Gasteiger partial charge in [-0.2, -0.15) is 0 Å². The zero-order valence-corrected chi connectivity index (χ0v) is 6.32. The monoisotopic (exact) mass is 177 g/mol. The number of hydrogen-bond acceptors (Lipinski definition) is 1. The van der Waals surface area contributed by atoms with Crippen LogP contribution in [0, 0.1) is 4.83 Å². The molecule has 0 aromatic heterocycles. The van der Waals surface area contributed by atoms with Crippen LogP contribution < -0.4 is 0 Å². The van der Waals surface area contributed by atoms with Crippen molar-refractivity contribution in [2.75, 3.05) is 0 Å². The van der Waals surface area contributed by atoms with Crippen LogP contribution in [0.25, 0.3) is 0 Å². The molecule has 46 valence electrons. The quantitative estimate of drug-likeness (QED) is 0.561. The molecular weight excluding hydrogens is 168 g/mol. The van der Waals surface area contributed by atoms with E-state index in [-0.39, 0.29) is 6.10 Å². The standard InChI is InChI=1S/C6H10BrO/c7-5-1-3-6(8)4-2-5/h6,8H,1-4H2/q+1. The number of aliphatic hydroxyl groups excluding tert-OH is 1. The highest BCUT2D eigenvalue weighted by molar-refractivity contribution is 9.11. The Morgan fingerprint density at radius 1 is 1.38 bits per heavy atom. The lowest BCUT2D eigenvalue weighted by atomic mass is 9.98. The highest BCUT2D eigenvalue weighted by atomic mass is 79.9. The Balaban J connectivity index is 2.19. The molecule has 1 N–H and O–H groups in total. The van der Waals surface area contributed by atoms with Crippen molar-refractivity contribution in [1.29, 1.82) is 0 Å². The van der Waals surface area contributed by atoms with Gasteiger partial charge in [0.2, 0.25) is 0 Å². The first kappa shape index (κ1) is 6.43. The maximum Gasteiger partial charge on any atom is 0.198 e. The van der Waals surface area contributed by atoms with Gasteiger partial charge in [0.25, 0.3) is 0 Å². The van der Waals surface area contributed by atoms with Gasteiger partial charge in [-0.05, 0) is 0 Å². The minimum Gasteiger partial charge on any atom is -0.393 e. The molecule has 1 saturated carbocycles. The van der Waals surface area contributed by atoms with Crippen molar-refractivity contribution < 1.29 is 5.11 Å². The van der Waals surface area contributed by atoms with Gasteiger partial charge >= 0.3 is 0 Å². The van der Waals surface area contributed by atoms with Crippen LogP contribution in [0.5, 0.6) is 0 Å². The second-order valence-electron chi connectivity index (χ2n) is 2.25. The number of rotatable bonds is 0. The minimum absolute atomic E-state index is 0.0312. The fraction of sp³-hybridized carbons (Fsp3) is 0.833. The van der Waals surface area contributed by atoms with E-state index < -0.39 is 0 Å². The third-order valence-electron chi connectivity index (χ3n) is 1.50. The van der Waals surface area contributed by atoms with Gasteiger partial charge in [-0.25, -0.2) is 0 Å². The Bertz CT molecular complexity index is 56.9. The highest BCUT2D eigenvalue weighted by Crippen LogP contribution is 2.30. The van der Waals surface area contributed by atoms with Crippen LogP contribution in [-0.2, 0) is 0 Å². The van der Waals surface area contributed by atoms with Gasteiger partial charge in [0.05, 0.1) is 6.10 Å². The molecule has 0 bridgehead atoms. The molecule has 1 aliphatic carbocycles. The van der Waals surface area contributed by atoms with Crippen molar-refractivity contribution >= 4 is 15.9 Å². The van der Waals surface area contributed by atoms with E-state index in [1.165, 1.54) is 4.83 Å². The maximum absolute atomic E-state index is 8.99. The largest absolute Gasteiger partial charge is 0.393 e. The molecule has 0 amide bonds. The first-order valence-corrected chi connectivity index (χ1v) is 3.76. The number of halogens is 1. The highest BCUT2D eigenvalue weighted by Gasteiger charge is 2.25. The Hall–Kier alpha value is 0.310. The summed E-state index contributed by atoms with van der Waals surface area (Å²) < 4.78 is 0. The van der Waals surface area contributed by atoms with Crippen LogP contribution >= 0.6 is 15.9 Å². The van der Waals surface area contributed by atoms with E-state index in [1.54, 1.807) is 0 Å². The minimum atomic E-state index is -0.0312. The van der Waals surface area contributed by atoms with E-state index in [0.717, 1.165) is 25.7 Å². The molecule has 0 aliphatic heterocycles. The van der Waals surface area contributed by atoms with Crippen LogP contribution in [-0.4, -0.2) is 11.2 Å². The molecule has 0 radical (unpaired) electrons. The van der Waals surface area contributed by atoms with E-state index in [2.05, 4.69) is 15.9 Å². The molecule has 2 heteroatoms. The number of hydrogen-bond donors (Lipinski definition) is 1. The first-order chi connectivity index (χ1) is 3.79. The molecule has 0 heterocycles. The lowest BCUT2D eigenvalue weighted by Gasteiger charge is -2.11. The van der Waals surface area contributed by atoms with E-state index >= 15 is 0 Å². The SMILES string of the molecule is OC1CC[C+](Br)CC1. The molecule has 0 spiro atoms. The predicted molar refractivity (Wildman–Crippen MR) is 36.6 cm³/mol. The van der Waals surface area contributed by atoms with E-state index in [4.69, 9.17) is 5.11 Å². The van der Waals surface area contributed by atoms with Gasteiger partial charge in [-0.1, -0.05) is 0 Å². The van der Waals surface area contributed by atoms with E-state index in [1.807, 2.05) is 0 Å². The average Bonchev–Trinajstić information content (AvgIpc) is 1.77. The van der Waals surface area contributed by atoms with Gasteiger partial charge < -0.3 is 5.11 Å². The Kier molecular flexibility index (Phi) is 2.20. The normalized spacial score (nSPS) is 24.0. The lowest BCUT2D eigenvalue weighted by molar-refractivity contribution is 0.141. The van der Waals surface area contributed by atoms with Crippen molar-refractivity contribution in [2.24, 2.45) is 0 Å². The van der Waals surface area contributed by atoms with Crippen molar-refractivity contribution in [1.82, 2.24) is 0 Å². The second-order valence-corrected chi connectivity index (χ2v) is 3.37. The summed E-state index contributed by atoms with van der Waals surface area (Å²) >= 11 is 3.42. The van der Waals surface area contributed by atoms with Crippen molar-refractivity contribution in [3.8, 4) is 0 Å². The summed E-state index contributed by atoms with van der Waals surface area (Å²) in [7, 11) is 0. The van der Waals surface area contributed by atoms with Crippen LogP contribution in [0.4, 0.5) is 0 Å². The van der Waals surface area contributed by atoms with Crippen molar-refractivity contribution in [2.45, 2.75) is 31.8 Å². The summed E-state index contributed by atoms with van der Waals surface area (Å²) in [6.07, 6.45) is 3.97. The van der Waals surface area contributed by atoms with Gasteiger partial charge in [-0.15, -0.1) is 0 Å². The maximum atomic E-state index is 8.99. The van der Waals surface area contributed by atoms with Crippen molar-refractivity contribution in [3.63, 3.8) is 0 Å².